The summed E-state index contributed by atoms with van der Waals surface area (Å²) < 4.78 is 41.4. The van der Waals surface area contributed by atoms with Gasteiger partial charge in [0.2, 0.25) is 0 Å². The molecule has 1 aromatic heterocycles. The minimum atomic E-state index is -4.42. The van der Waals surface area contributed by atoms with Crippen molar-refractivity contribution in [2.24, 2.45) is 0 Å². The molecule has 22 heavy (non-hydrogen) atoms. The first-order chi connectivity index (χ1) is 10.5. The molecule has 0 aliphatic carbocycles. The minimum absolute atomic E-state index is 0.0782. The van der Waals surface area contributed by atoms with Gasteiger partial charge in [0.25, 0.3) is 0 Å². The molecule has 5 heteroatoms. The van der Waals surface area contributed by atoms with E-state index in [9.17, 15) is 13.2 Å². The fraction of sp³-hybridized carbons (Fsp3) is 0.118. The van der Waals surface area contributed by atoms with Gasteiger partial charge in [0.1, 0.15) is 5.82 Å². The second kappa shape index (κ2) is 5.33. The lowest BCUT2D eigenvalue weighted by molar-refractivity contribution is -0.137. The first-order valence-corrected chi connectivity index (χ1v) is 6.74. The molecule has 0 spiro atoms. The van der Waals surface area contributed by atoms with Gasteiger partial charge in [0.15, 0.2) is 0 Å². The SMILES string of the molecule is Cc1ccc(-n2ccnc2-c2ccccc2)c(C(F)(F)F)c1. The summed E-state index contributed by atoms with van der Waals surface area (Å²) in [5.74, 6) is 0.481. The Morgan fingerprint density at radius 1 is 1.00 bits per heavy atom. The largest absolute Gasteiger partial charge is 0.418 e. The van der Waals surface area contributed by atoms with Crippen LogP contribution in [0, 0.1) is 6.92 Å². The van der Waals surface area contributed by atoms with Crippen molar-refractivity contribution in [1.29, 1.82) is 0 Å². The summed E-state index contributed by atoms with van der Waals surface area (Å²) in [5.41, 5.74) is 0.746. The Labute approximate surface area is 125 Å². The zero-order valence-corrected chi connectivity index (χ0v) is 11.8. The second-order valence-electron chi connectivity index (χ2n) is 5.01. The number of imidazole rings is 1. The Morgan fingerprint density at radius 2 is 1.73 bits per heavy atom. The molecular formula is C17H13F3N2. The van der Waals surface area contributed by atoms with Gasteiger partial charge in [-0.1, -0.05) is 42.0 Å². The molecule has 2 aromatic carbocycles. The molecule has 0 bridgehead atoms. The van der Waals surface area contributed by atoms with Crippen LogP contribution in [0.25, 0.3) is 17.1 Å². The third-order valence-electron chi connectivity index (χ3n) is 3.39. The van der Waals surface area contributed by atoms with Crippen molar-refractivity contribution in [2.45, 2.75) is 13.1 Å². The molecule has 0 fully saturated rings. The number of rotatable bonds is 2. The molecule has 0 saturated heterocycles. The second-order valence-corrected chi connectivity index (χ2v) is 5.01. The molecule has 0 atom stereocenters. The molecule has 3 aromatic rings. The van der Waals surface area contributed by atoms with E-state index in [-0.39, 0.29) is 5.69 Å². The lowest BCUT2D eigenvalue weighted by Gasteiger charge is -2.16. The summed E-state index contributed by atoms with van der Waals surface area (Å²) >= 11 is 0. The number of halogens is 3. The molecule has 0 unspecified atom stereocenters. The van der Waals surface area contributed by atoms with E-state index in [0.717, 1.165) is 11.6 Å². The van der Waals surface area contributed by atoms with Crippen LogP contribution in [0.3, 0.4) is 0 Å². The molecule has 0 saturated carbocycles. The van der Waals surface area contributed by atoms with E-state index in [1.165, 1.54) is 16.8 Å². The number of benzene rings is 2. The average molecular weight is 302 g/mol. The highest BCUT2D eigenvalue weighted by Gasteiger charge is 2.34. The fourth-order valence-electron chi connectivity index (χ4n) is 2.39. The van der Waals surface area contributed by atoms with Gasteiger partial charge in [0, 0.05) is 18.0 Å². The standard InChI is InChI=1S/C17H13F3N2/c1-12-7-8-15(14(11-12)17(18,19)20)22-10-9-21-16(22)13-5-3-2-4-6-13/h2-11H,1H3. The number of aryl methyl sites for hydroxylation is 1. The van der Waals surface area contributed by atoms with Crippen molar-refractivity contribution in [3.63, 3.8) is 0 Å². The number of hydrogen-bond donors (Lipinski definition) is 0. The minimum Gasteiger partial charge on any atom is -0.299 e. The van der Waals surface area contributed by atoms with E-state index in [4.69, 9.17) is 0 Å². The van der Waals surface area contributed by atoms with E-state index in [1.807, 2.05) is 30.3 Å². The van der Waals surface area contributed by atoms with Crippen LogP contribution in [-0.4, -0.2) is 9.55 Å². The highest BCUT2D eigenvalue weighted by molar-refractivity contribution is 5.60. The Bertz CT molecular complexity index is 789. The molecule has 0 amide bonds. The van der Waals surface area contributed by atoms with Crippen molar-refractivity contribution in [3.05, 3.63) is 72.1 Å². The van der Waals surface area contributed by atoms with Crippen molar-refractivity contribution < 1.29 is 13.2 Å². The topological polar surface area (TPSA) is 17.8 Å². The van der Waals surface area contributed by atoms with Gasteiger partial charge in [-0.15, -0.1) is 0 Å². The van der Waals surface area contributed by atoms with Crippen molar-refractivity contribution in [3.8, 4) is 17.1 Å². The van der Waals surface area contributed by atoms with E-state index in [1.54, 1.807) is 19.2 Å². The summed E-state index contributed by atoms with van der Waals surface area (Å²) in [6.07, 6.45) is -1.37. The van der Waals surface area contributed by atoms with E-state index in [2.05, 4.69) is 4.98 Å². The molecule has 2 nitrogen and oxygen atoms in total. The van der Waals surface area contributed by atoms with E-state index < -0.39 is 11.7 Å². The van der Waals surface area contributed by atoms with Crippen molar-refractivity contribution in [2.75, 3.05) is 0 Å². The summed E-state index contributed by atoms with van der Waals surface area (Å²) in [5, 5.41) is 0. The maximum Gasteiger partial charge on any atom is 0.418 e. The smallest absolute Gasteiger partial charge is 0.299 e. The first-order valence-electron chi connectivity index (χ1n) is 6.74. The zero-order valence-electron chi connectivity index (χ0n) is 11.8. The van der Waals surface area contributed by atoms with Gasteiger partial charge in [-0.2, -0.15) is 13.2 Å². The number of alkyl halides is 3. The van der Waals surface area contributed by atoms with Crippen LogP contribution in [0.5, 0.6) is 0 Å². The Balaban J connectivity index is 2.20. The van der Waals surface area contributed by atoms with Crippen LogP contribution in [0.15, 0.2) is 60.9 Å². The van der Waals surface area contributed by atoms with Gasteiger partial charge < -0.3 is 0 Å². The summed E-state index contributed by atoms with van der Waals surface area (Å²) in [7, 11) is 0. The van der Waals surface area contributed by atoms with Gasteiger partial charge in [-0.25, -0.2) is 4.98 Å². The quantitative estimate of drug-likeness (QED) is 0.660. The number of aromatic nitrogens is 2. The normalized spacial score (nSPS) is 11.6. The molecule has 0 aliphatic rings. The Morgan fingerprint density at radius 3 is 2.41 bits per heavy atom. The molecule has 112 valence electrons. The molecular weight excluding hydrogens is 289 g/mol. The predicted octanol–water partition coefficient (Wildman–Crippen LogP) is 4.87. The Hall–Kier alpha value is -2.56. The highest BCUT2D eigenvalue weighted by Crippen LogP contribution is 2.35. The average Bonchev–Trinajstić information content (AvgIpc) is 2.96. The van der Waals surface area contributed by atoms with Gasteiger partial charge >= 0.3 is 6.18 Å². The van der Waals surface area contributed by atoms with Crippen LogP contribution in [0.1, 0.15) is 11.1 Å². The molecule has 0 radical (unpaired) electrons. The maximum atomic E-state index is 13.3. The Kier molecular flexibility index (Phi) is 3.48. The third-order valence-corrected chi connectivity index (χ3v) is 3.39. The van der Waals surface area contributed by atoms with Crippen molar-refractivity contribution >= 4 is 0 Å². The molecule has 1 heterocycles. The van der Waals surface area contributed by atoms with E-state index >= 15 is 0 Å². The number of hydrogen-bond acceptors (Lipinski definition) is 1. The molecule has 0 N–H and O–H groups in total. The summed E-state index contributed by atoms with van der Waals surface area (Å²) in [4.78, 5) is 4.20. The van der Waals surface area contributed by atoms with Gasteiger partial charge in [-0.3, -0.25) is 4.57 Å². The highest BCUT2D eigenvalue weighted by atomic mass is 19.4. The van der Waals surface area contributed by atoms with Crippen LogP contribution in [0.4, 0.5) is 13.2 Å². The molecule has 3 rings (SSSR count). The van der Waals surface area contributed by atoms with Crippen LogP contribution in [0.2, 0.25) is 0 Å². The summed E-state index contributed by atoms with van der Waals surface area (Å²) in [6, 6.07) is 13.4. The summed E-state index contributed by atoms with van der Waals surface area (Å²) in [6.45, 7) is 1.64. The number of nitrogens with zero attached hydrogens (tertiary/aromatic N) is 2. The van der Waals surface area contributed by atoms with Gasteiger partial charge in [-0.05, 0) is 19.1 Å². The fourth-order valence-corrected chi connectivity index (χ4v) is 2.39. The van der Waals surface area contributed by atoms with Crippen LogP contribution >= 0.6 is 0 Å². The van der Waals surface area contributed by atoms with Crippen molar-refractivity contribution in [1.82, 2.24) is 9.55 Å². The van der Waals surface area contributed by atoms with Crippen LogP contribution in [-0.2, 0) is 6.18 Å². The lowest BCUT2D eigenvalue weighted by Crippen LogP contribution is -2.11. The van der Waals surface area contributed by atoms with Crippen LogP contribution < -0.4 is 0 Å². The lowest BCUT2D eigenvalue weighted by atomic mass is 10.1. The van der Waals surface area contributed by atoms with Gasteiger partial charge in [0.05, 0.1) is 11.3 Å². The zero-order chi connectivity index (χ0) is 15.7. The molecule has 0 aliphatic heterocycles. The first kappa shape index (κ1) is 14.4. The predicted molar refractivity (Wildman–Crippen MR) is 78.7 cm³/mol. The third kappa shape index (κ3) is 2.62. The van der Waals surface area contributed by atoms with E-state index in [0.29, 0.717) is 11.4 Å². The monoisotopic (exact) mass is 302 g/mol. The maximum absolute atomic E-state index is 13.3.